The molecular weight excluding hydrogens is 444 g/mol. The number of nitrogens with one attached hydrogen (secondary N) is 2. The van der Waals surface area contributed by atoms with E-state index in [1.165, 1.54) is 11.8 Å². The molecular formula is C21H19ClN2O4S2. The van der Waals surface area contributed by atoms with Gasteiger partial charge in [-0.3, -0.25) is 4.79 Å². The molecule has 1 unspecified atom stereocenters. The van der Waals surface area contributed by atoms with Gasteiger partial charge in [-0.1, -0.05) is 53.8 Å². The Morgan fingerprint density at radius 3 is 2.73 bits per heavy atom. The molecule has 2 aliphatic rings. The summed E-state index contributed by atoms with van der Waals surface area (Å²) in [6.07, 6.45) is 1.74. The van der Waals surface area contributed by atoms with E-state index in [1.807, 2.05) is 36.4 Å². The van der Waals surface area contributed by atoms with Crippen molar-refractivity contribution >= 4 is 51.9 Å². The van der Waals surface area contributed by atoms with Gasteiger partial charge in [0.1, 0.15) is 22.4 Å². The average molecular weight is 463 g/mol. The number of thiocarbonyl (C=S) groups is 1. The van der Waals surface area contributed by atoms with Crippen LogP contribution >= 0.6 is 35.6 Å². The summed E-state index contributed by atoms with van der Waals surface area (Å²) < 4.78 is 11.7. The van der Waals surface area contributed by atoms with Gasteiger partial charge in [-0.15, -0.1) is 0 Å². The lowest BCUT2D eigenvalue weighted by Gasteiger charge is -2.23. The van der Waals surface area contributed by atoms with Crippen molar-refractivity contribution in [1.29, 1.82) is 0 Å². The van der Waals surface area contributed by atoms with Crippen LogP contribution in [0.1, 0.15) is 11.1 Å². The van der Waals surface area contributed by atoms with Gasteiger partial charge in [0.05, 0.1) is 17.7 Å². The lowest BCUT2D eigenvalue weighted by molar-refractivity contribution is -0.131. The van der Waals surface area contributed by atoms with Crippen LogP contribution < -0.4 is 15.4 Å². The number of halogens is 1. The summed E-state index contributed by atoms with van der Waals surface area (Å²) in [7, 11) is 0. The third-order valence-electron chi connectivity index (χ3n) is 4.55. The third kappa shape index (κ3) is 5.33. The Balaban J connectivity index is 1.40. The Kier molecular flexibility index (Phi) is 6.60. The summed E-state index contributed by atoms with van der Waals surface area (Å²) in [5.74, 6) is 1.11. The second kappa shape index (κ2) is 9.36. The number of rotatable bonds is 5. The van der Waals surface area contributed by atoms with Gasteiger partial charge >= 0.3 is 0 Å². The standard InChI is InChI=1S/C21H19ClN2O4S2/c22-16-8-13(9-18-20(26)24-21(29)30-18)3-6-17(16)28-15-4-1-12(2-5-15)7-14-10-27-11-19(25)23-14/h1-6,8-9,14,20,26H,7,10-11H2,(H,23,25)(H,24,29)/b18-9+/t14?,20-/m1/s1. The van der Waals surface area contributed by atoms with Crippen LogP contribution in [0.4, 0.5) is 0 Å². The van der Waals surface area contributed by atoms with E-state index in [1.54, 1.807) is 12.1 Å². The Hall–Kier alpha value is -2.10. The van der Waals surface area contributed by atoms with Crippen LogP contribution in [0.5, 0.6) is 11.5 Å². The van der Waals surface area contributed by atoms with Gasteiger partial charge in [-0.05, 0) is 47.9 Å². The topological polar surface area (TPSA) is 79.8 Å². The number of carbonyl (C=O) groups is 1. The number of benzene rings is 2. The molecule has 0 spiro atoms. The van der Waals surface area contributed by atoms with Crippen molar-refractivity contribution in [2.24, 2.45) is 0 Å². The number of aliphatic hydroxyl groups excluding tert-OH is 1. The van der Waals surface area contributed by atoms with E-state index in [2.05, 4.69) is 10.6 Å². The molecule has 1 amide bonds. The molecule has 0 aromatic heterocycles. The van der Waals surface area contributed by atoms with Crippen molar-refractivity contribution in [2.75, 3.05) is 13.2 Å². The Bertz CT molecular complexity index is 997. The Morgan fingerprint density at radius 1 is 1.27 bits per heavy atom. The minimum absolute atomic E-state index is 0.0183. The maximum atomic E-state index is 11.4. The number of amides is 1. The third-order valence-corrected chi connectivity index (χ3v) is 6.09. The number of ether oxygens (including phenoxy) is 2. The molecule has 2 aliphatic heterocycles. The molecule has 30 heavy (non-hydrogen) atoms. The van der Waals surface area contributed by atoms with Gasteiger partial charge in [0.2, 0.25) is 5.91 Å². The molecule has 0 aliphatic carbocycles. The van der Waals surface area contributed by atoms with E-state index in [0.717, 1.165) is 16.0 Å². The van der Waals surface area contributed by atoms with Gasteiger partial charge in [-0.2, -0.15) is 0 Å². The summed E-state index contributed by atoms with van der Waals surface area (Å²) >= 11 is 12.8. The van der Waals surface area contributed by atoms with E-state index >= 15 is 0 Å². The van der Waals surface area contributed by atoms with E-state index < -0.39 is 6.23 Å². The van der Waals surface area contributed by atoms with Gasteiger partial charge < -0.3 is 25.2 Å². The first kappa shape index (κ1) is 21.1. The van der Waals surface area contributed by atoms with Crippen LogP contribution in [-0.4, -0.2) is 40.8 Å². The van der Waals surface area contributed by atoms with Crippen LogP contribution in [0.2, 0.25) is 5.02 Å². The second-order valence-electron chi connectivity index (χ2n) is 6.90. The average Bonchev–Trinajstić information content (AvgIpc) is 3.02. The zero-order valence-corrected chi connectivity index (χ0v) is 18.2. The molecule has 2 aromatic carbocycles. The van der Waals surface area contributed by atoms with Gasteiger partial charge in [-0.25, -0.2) is 0 Å². The van der Waals surface area contributed by atoms with Crippen molar-refractivity contribution in [3.8, 4) is 11.5 Å². The molecule has 6 nitrogen and oxygen atoms in total. The molecule has 2 atom stereocenters. The maximum Gasteiger partial charge on any atom is 0.246 e. The lowest BCUT2D eigenvalue weighted by Crippen LogP contribution is -2.46. The first-order valence-electron chi connectivity index (χ1n) is 9.28. The molecule has 4 rings (SSSR count). The zero-order valence-electron chi connectivity index (χ0n) is 15.8. The minimum atomic E-state index is -0.788. The number of hydrogen-bond donors (Lipinski definition) is 3. The van der Waals surface area contributed by atoms with Gasteiger partial charge in [0, 0.05) is 4.91 Å². The number of carbonyl (C=O) groups excluding carboxylic acids is 1. The summed E-state index contributed by atoms with van der Waals surface area (Å²) in [6, 6.07) is 13.1. The van der Waals surface area contributed by atoms with Crippen molar-refractivity contribution in [3.63, 3.8) is 0 Å². The number of hydrogen-bond acceptors (Lipinski definition) is 6. The Morgan fingerprint density at radius 2 is 2.07 bits per heavy atom. The summed E-state index contributed by atoms with van der Waals surface area (Å²) in [6.45, 7) is 0.642. The predicted octanol–water partition coefficient (Wildman–Crippen LogP) is 3.47. The van der Waals surface area contributed by atoms with Crippen LogP contribution in [0, 0.1) is 0 Å². The van der Waals surface area contributed by atoms with E-state index in [9.17, 15) is 9.90 Å². The normalized spacial score (nSPS) is 22.7. The zero-order chi connectivity index (χ0) is 21.1. The highest BCUT2D eigenvalue weighted by molar-refractivity contribution is 8.26. The maximum absolute atomic E-state index is 11.4. The largest absolute Gasteiger partial charge is 0.456 e. The van der Waals surface area contributed by atoms with Crippen molar-refractivity contribution in [3.05, 3.63) is 63.5 Å². The quantitative estimate of drug-likeness (QED) is 0.587. The smallest absolute Gasteiger partial charge is 0.246 e. The molecule has 3 N–H and O–H groups in total. The molecule has 156 valence electrons. The lowest BCUT2D eigenvalue weighted by atomic mass is 10.1. The number of thioether (sulfide) groups is 1. The molecule has 9 heteroatoms. The fraction of sp³-hybridized carbons (Fsp3) is 0.238. The molecule has 0 saturated carbocycles. The van der Waals surface area contributed by atoms with Crippen LogP contribution in [0.15, 0.2) is 47.4 Å². The molecule has 2 aromatic rings. The predicted molar refractivity (Wildman–Crippen MR) is 122 cm³/mol. The molecule has 2 heterocycles. The van der Waals surface area contributed by atoms with Crippen LogP contribution in [0.25, 0.3) is 6.08 Å². The van der Waals surface area contributed by atoms with Gasteiger partial charge in [0.15, 0.2) is 6.23 Å². The van der Waals surface area contributed by atoms with E-state index in [4.69, 9.17) is 33.3 Å². The molecule has 2 saturated heterocycles. The first-order chi connectivity index (χ1) is 14.5. The molecule has 0 bridgehead atoms. The molecule has 2 fully saturated rings. The monoisotopic (exact) mass is 462 g/mol. The highest BCUT2D eigenvalue weighted by atomic mass is 35.5. The van der Waals surface area contributed by atoms with Gasteiger partial charge in [0.25, 0.3) is 0 Å². The van der Waals surface area contributed by atoms with Crippen molar-refractivity contribution < 1.29 is 19.4 Å². The number of morpholine rings is 1. The Labute approximate surface area is 188 Å². The summed E-state index contributed by atoms with van der Waals surface area (Å²) in [4.78, 5) is 12.1. The van der Waals surface area contributed by atoms with Crippen LogP contribution in [-0.2, 0) is 16.0 Å². The second-order valence-corrected chi connectivity index (χ2v) is 9.06. The molecule has 0 radical (unpaired) electrons. The highest BCUT2D eigenvalue weighted by Gasteiger charge is 2.22. The van der Waals surface area contributed by atoms with Crippen molar-refractivity contribution in [1.82, 2.24) is 10.6 Å². The SMILES string of the molecule is O=C1COCC(Cc2ccc(Oc3ccc(/C=C4/SC(=S)N[C@@H]4O)cc3Cl)cc2)N1. The van der Waals surface area contributed by atoms with Crippen molar-refractivity contribution in [2.45, 2.75) is 18.7 Å². The first-order valence-corrected chi connectivity index (χ1v) is 10.9. The highest BCUT2D eigenvalue weighted by Crippen LogP contribution is 2.33. The van der Waals surface area contributed by atoms with E-state index in [0.29, 0.717) is 33.9 Å². The van der Waals surface area contributed by atoms with E-state index in [-0.39, 0.29) is 18.6 Å². The number of aliphatic hydroxyl groups is 1. The van der Waals surface area contributed by atoms with Crippen LogP contribution in [0.3, 0.4) is 0 Å². The fourth-order valence-corrected chi connectivity index (χ4v) is 4.54. The fourth-order valence-electron chi connectivity index (χ4n) is 3.16. The summed E-state index contributed by atoms with van der Waals surface area (Å²) in [5.41, 5.74) is 1.91. The summed E-state index contributed by atoms with van der Waals surface area (Å²) in [5, 5.41) is 16.1. The minimum Gasteiger partial charge on any atom is -0.456 e.